The fraction of sp³-hybridized carbons (Fsp3) is 0.0635. The van der Waals surface area contributed by atoms with Gasteiger partial charge >= 0.3 is 0 Å². The second-order valence-electron chi connectivity index (χ2n) is 18.8. The van der Waals surface area contributed by atoms with Crippen LogP contribution in [-0.2, 0) is 0 Å². The summed E-state index contributed by atoms with van der Waals surface area (Å²) in [6, 6.07) is 70.7. The van der Waals surface area contributed by atoms with E-state index in [2.05, 4.69) is 236 Å². The molecule has 4 aromatic heterocycles. The van der Waals surface area contributed by atoms with E-state index >= 15 is 0 Å². The van der Waals surface area contributed by atoms with E-state index in [1.165, 1.54) is 65.9 Å². The van der Waals surface area contributed by atoms with Crippen LogP contribution in [-0.4, -0.2) is 28.7 Å². The van der Waals surface area contributed by atoms with E-state index in [9.17, 15) is 0 Å². The summed E-state index contributed by atoms with van der Waals surface area (Å²) < 4.78 is 7.10. The number of hydrogen-bond acceptors (Lipinski definition) is 3. The summed E-state index contributed by atoms with van der Waals surface area (Å²) in [4.78, 5) is 16.3. The number of aromatic nitrogens is 6. The molecule has 0 aliphatic heterocycles. The smallest absolute Gasteiger partial charge is 0.238 e. The van der Waals surface area contributed by atoms with E-state index in [1.54, 1.807) is 0 Å². The molecule has 0 aliphatic carbocycles. The summed E-state index contributed by atoms with van der Waals surface area (Å²) in [5.41, 5.74) is 15.8. The van der Waals surface area contributed by atoms with Gasteiger partial charge in [-0.15, -0.1) is 0 Å². The minimum absolute atomic E-state index is 0.557. The predicted octanol–water partition coefficient (Wildman–Crippen LogP) is 16.0. The van der Waals surface area contributed by atoms with E-state index < -0.39 is 0 Å². The second-order valence-corrected chi connectivity index (χ2v) is 18.8. The molecule has 0 N–H and O–H groups in total. The normalized spacial score (nSPS) is 12.1. The Morgan fingerprint density at radius 2 is 0.609 bits per heavy atom. The first-order valence-corrected chi connectivity index (χ1v) is 23.7. The van der Waals surface area contributed by atoms with Gasteiger partial charge in [0.15, 0.2) is 11.6 Å². The summed E-state index contributed by atoms with van der Waals surface area (Å²) >= 11 is 0. The maximum Gasteiger partial charge on any atom is 0.238 e. The first-order chi connectivity index (χ1) is 33.8. The third-order valence-electron chi connectivity index (χ3n) is 14.3. The predicted molar refractivity (Wildman–Crippen MR) is 288 cm³/mol. The summed E-state index contributed by atoms with van der Waals surface area (Å²) in [6.45, 7) is 8.70. The van der Waals surface area contributed by atoms with Gasteiger partial charge in [0.25, 0.3) is 0 Å². The molecule has 4 heterocycles. The molecule has 326 valence electrons. The van der Waals surface area contributed by atoms with E-state index in [-0.39, 0.29) is 0 Å². The quantitative estimate of drug-likeness (QED) is 0.173. The van der Waals surface area contributed by atoms with Crippen molar-refractivity contribution in [3.05, 3.63) is 216 Å². The summed E-state index contributed by atoms with van der Waals surface area (Å²) in [5.74, 6) is 1.80. The highest BCUT2D eigenvalue weighted by molar-refractivity contribution is 6.14. The van der Waals surface area contributed by atoms with E-state index in [0.717, 1.165) is 65.9 Å². The summed E-state index contributed by atoms with van der Waals surface area (Å²) in [5, 5.41) is 11.7. The lowest BCUT2D eigenvalue weighted by molar-refractivity contribution is 0.955. The molecular formula is C63H44N6. The van der Waals surface area contributed by atoms with Crippen molar-refractivity contribution in [3.8, 4) is 40.1 Å². The highest BCUT2D eigenvalue weighted by Crippen LogP contribution is 2.41. The molecule has 0 atom stereocenters. The second kappa shape index (κ2) is 14.8. The molecule has 6 heteroatoms. The maximum absolute atomic E-state index is 5.47. The third kappa shape index (κ3) is 6.01. The Hall–Kier alpha value is -8.87. The Bertz CT molecular complexity index is 4080. The number of rotatable bonds is 5. The Balaban J connectivity index is 1.09. The monoisotopic (exact) mass is 884 g/mol. The van der Waals surface area contributed by atoms with E-state index in [4.69, 9.17) is 15.0 Å². The fourth-order valence-electron chi connectivity index (χ4n) is 11.1. The molecule has 10 aromatic carbocycles. The number of aryl methyl sites for hydroxylation is 4. The van der Waals surface area contributed by atoms with Crippen LogP contribution in [0.3, 0.4) is 0 Å². The molecule has 14 aromatic rings. The molecule has 0 unspecified atom stereocenters. The van der Waals surface area contributed by atoms with Gasteiger partial charge in [0.2, 0.25) is 5.95 Å². The lowest BCUT2D eigenvalue weighted by Crippen LogP contribution is -2.07. The van der Waals surface area contributed by atoms with Crippen molar-refractivity contribution < 1.29 is 0 Å². The van der Waals surface area contributed by atoms with Gasteiger partial charge in [0.1, 0.15) is 0 Å². The Kier molecular flexibility index (Phi) is 8.44. The van der Waals surface area contributed by atoms with Crippen LogP contribution in [0, 0.1) is 27.7 Å². The van der Waals surface area contributed by atoms with E-state index in [1.807, 2.05) is 0 Å². The van der Waals surface area contributed by atoms with Crippen LogP contribution < -0.4 is 0 Å². The molecule has 0 amide bonds. The molecular weight excluding hydrogens is 841 g/mol. The van der Waals surface area contributed by atoms with Crippen molar-refractivity contribution in [1.29, 1.82) is 0 Å². The van der Waals surface area contributed by atoms with Crippen LogP contribution in [0.1, 0.15) is 22.3 Å². The Morgan fingerprint density at radius 3 is 1.01 bits per heavy atom. The molecule has 0 bridgehead atoms. The van der Waals surface area contributed by atoms with Gasteiger partial charge in [-0.3, -0.25) is 4.57 Å². The summed E-state index contributed by atoms with van der Waals surface area (Å²) in [7, 11) is 0. The molecule has 0 aliphatic rings. The summed E-state index contributed by atoms with van der Waals surface area (Å²) in [6.07, 6.45) is 0. The van der Waals surface area contributed by atoms with Crippen molar-refractivity contribution >= 4 is 87.0 Å². The van der Waals surface area contributed by atoms with Crippen LogP contribution in [0.2, 0.25) is 0 Å². The number of hydrogen-bond donors (Lipinski definition) is 0. The fourth-order valence-corrected chi connectivity index (χ4v) is 11.1. The number of nitrogens with zero attached hydrogens (tertiary/aromatic N) is 6. The topological polar surface area (TPSA) is 53.5 Å². The molecule has 0 spiro atoms. The molecule has 14 rings (SSSR count). The molecule has 0 saturated carbocycles. The molecule has 0 saturated heterocycles. The van der Waals surface area contributed by atoms with Crippen molar-refractivity contribution in [3.63, 3.8) is 0 Å². The zero-order chi connectivity index (χ0) is 46.1. The lowest BCUT2D eigenvalue weighted by atomic mass is 10.0. The van der Waals surface area contributed by atoms with Crippen LogP contribution in [0.5, 0.6) is 0 Å². The van der Waals surface area contributed by atoms with Gasteiger partial charge in [-0.05, 0) is 134 Å². The molecule has 0 fully saturated rings. The van der Waals surface area contributed by atoms with Crippen LogP contribution in [0.25, 0.3) is 127 Å². The van der Waals surface area contributed by atoms with Crippen molar-refractivity contribution in [2.45, 2.75) is 27.7 Å². The van der Waals surface area contributed by atoms with Gasteiger partial charge in [0.05, 0.1) is 33.1 Å². The maximum atomic E-state index is 5.47. The average molecular weight is 885 g/mol. The van der Waals surface area contributed by atoms with Crippen LogP contribution >= 0.6 is 0 Å². The van der Waals surface area contributed by atoms with Crippen molar-refractivity contribution in [2.75, 3.05) is 0 Å². The number of benzene rings is 10. The number of fused-ring (bicyclic) bond motifs is 11. The first kappa shape index (κ1) is 39.3. The van der Waals surface area contributed by atoms with Gasteiger partial charge in [-0.2, -0.15) is 9.97 Å². The van der Waals surface area contributed by atoms with Gasteiger partial charge in [0, 0.05) is 54.8 Å². The standard InChI is InChI=1S/C63H44N6/c1-37-19-25-55-49(31-37)50-32-38(2)20-26-56(50)67(55)43-23-29-59-53(35-43)54-36-44(68-57-27-21-39(3)33-51(57)52-34-40(4)22-28-58(52)68)24-30-60(54)69(59)63-65-61(47-17-9-13-41-11-5-7-15-45(41)47)64-62(66-63)48-18-10-14-42-12-6-8-16-46(42)48/h5-36H,1-4H3. The zero-order valence-electron chi connectivity index (χ0n) is 38.7. The largest absolute Gasteiger partial charge is 0.309 e. The van der Waals surface area contributed by atoms with Crippen molar-refractivity contribution in [2.24, 2.45) is 0 Å². The average Bonchev–Trinajstić information content (AvgIpc) is 3.99. The molecule has 6 nitrogen and oxygen atoms in total. The zero-order valence-corrected chi connectivity index (χ0v) is 38.7. The minimum atomic E-state index is 0.557. The first-order valence-electron chi connectivity index (χ1n) is 23.7. The van der Waals surface area contributed by atoms with Crippen molar-refractivity contribution in [1.82, 2.24) is 28.7 Å². The lowest BCUT2D eigenvalue weighted by Gasteiger charge is -2.13. The van der Waals surface area contributed by atoms with Crippen LogP contribution in [0.4, 0.5) is 0 Å². The van der Waals surface area contributed by atoms with Crippen LogP contribution in [0.15, 0.2) is 194 Å². The minimum Gasteiger partial charge on any atom is -0.309 e. The Morgan fingerprint density at radius 1 is 0.275 bits per heavy atom. The SMILES string of the molecule is Cc1ccc2c(c1)c1cc(C)ccc1n2-c1ccc2c(c1)c1cc(-n3c4ccc(C)cc4c4cc(C)ccc43)ccc1n2-c1nc(-c2cccc3ccccc23)nc(-c2cccc3ccccc23)n1. The van der Waals surface area contributed by atoms with Gasteiger partial charge < -0.3 is 9.13 Å². The molecule has 0 radical (unpaired) electrons. The third-order valence-corrected chi connectivity index (χ3v) is 14.3. The Labute approximate surface area is 398 Å². The van der Waals surface area contributed by atoms with E-state index in [0.29, 0.717) is 17.6 Å². The van der Waals surface area contributed by atoms with Gasteiger partial charge in [-0.1, -0.05) is 131 Å². The van der Waals surface area contributed by atoms with Gasteiger partial charge in [-0.25, -0.2) is 4.98 Å². The highest BCUT2D eigenvalue weighted by atomic mass is 15.2. The highest BCUT2D eigenvalue weighted by Gasteiger charge is 2.23. The molecule has 69 heavy (non-hydrogen) atoms.